The van der Waals surface area contributed by atoms with E-state index in [0.717, 1.165) is 11.1 Å². The van der Waals surface area contributed by atoms with Crippen LogP contribution in [0, 0.1) is 19.7 Å². The van der Waals surface area contributed by atoms with Crippen molar-refractivity contribution in [2.45, 2.75) is 26.0 Å². The molecular weight excluding hydrogens is 461 g/mol. The molecule has 0 spiro atoms. The number of sulfone groups is 1. The summed E-state index contributed by atoms with van der Waals surface area (Å²) in [5.41, 5.74) is 2.25. The maximum absolute atomic E-state index is 13.9. The Hall–Kier alpha value is -2.32. The third-order valence-corrected chi connectivity index (χ3v) is 6.30. The van der Waals surface area contributed by atoms with E-state index in [2.05, 4.69) is 20.9 Å². The third-order valence-electron chi connectivity index (χ3n) is 4.33. The van der Waals surface area contributed by atoms with Gasteiger partial charge in [-0.15, -0.1) is 0 Å². The molecule has 0 radical (unpaired) electrons. The first-order valence-corrected chi connectivity index (χ1v) is 11.4. The molecule has 0 aliphatic carbocycles. The Morgan fingerprint density at radius 3 is 2.48 bits per heavy atom. The van der Waals surface area contributed by atoms with Gasteiger partial charge >= 0.3 is 0 Å². The summed E-state index contributed by atoms with van der Waals surface area (Å²) in [7, 11) is -3.78. The second kappa shape index (κ2) is 8.59. The SMILES string of the molecule is Cc1ccc(-c2nc(CS(=O)(=O)CC(=O)Cc3ccc(Br)cc3F)c(C)o2)cc1. The van der Waals surface area contributed by atoms with Crippen LogP contribution in [0.3, 0.4) is 0 Å². The molecule has 0 saturated carbocycles. The highest BCUT2D eigenvalue weighted by Crippen LogP contribution is 2.23. The van der Waals surface area contributed by atoms with Gasteiger partial charge in [0.05, 0.1) is 11.4 Å². The number of aryl methyl sites for hydroxylation is 2. The van der Waals surface area contributed by atoms with Crippen molar-refractivity contribution >= 4 is 31.6 Å². The minimum Gasteiger partial charge on any atom is -0.441 e. The summed E-state index contributed by atoms with van der Waals surface area (Å²) < 4.78 is 45.0. The van der Waals surface area contributed by atoms with Gasteiger partial charge in [-0.3, -0.25) is 4.79 Å². The van der Waals surface area contributed by atoms with E-state index >= 15 is 0 Å². The predicted molar refractivity (Wildman–Crippen MR) is 112 cm³/mol. The van der Waals surface area contributed by atoms with E-state index in [-0.39, 0.29) is 17.7 Å². The summed E-state index contributed by atoms with van der Waals surface area (Å²) in [5.74, 6) is -1.52. The van der Waals surface area contributed by atoms with Crippen LogP contribution < -0.4 is 0 Å². The standard InChI is InChI=1S/C21H19BrFNO4S/c1-13-3-5-15(6-4-13)21-24-20(14(2)28-21)12-29(26,27)11-18(25)9-16-7-8-17(22)10-19(16)23/h3-8,10H,9,11-12H2,1-2H3. The normalized spacial score (nSPS) is 11.6. The number of Topliss-reactive ketones (excluding diaryl/α,β-unsaturated/α-hetero) is 1. The van der Waals surface area contributed by atoms with Crippen LogP contribution in [-0.4, -0.2) is 24.9 Å². The summed E-state index contributed by atoms with van der Waals surface area (Å²) in [6, 6.07) is 11.8. The second-order valence-electron chi connectivity index (χ2n) is 6.87. The Morgan fingerprint density at radius 2 is 1.83 bits per heavy atom. The number of rotatable bonds is 7. The molecule has 0 aliphatic heterocycles. The zero-order chi connectivity index (χ0) is 21.2. The molecule has 0 saturated heterocycles. The van der Waals surface area contributed by atoms with Gasteiger partial charge in [0.2, 0.25) is 5.89 Å². The second-order valence-corrected chi connectivity index (χ2v) is 9.85. The van der Waals surface area contributed by atoms with Crippen molar-refractivity contribution in [1.29, 1.82) is 0 Å². The number of hydrogen-bond donors (Lipinski definition) is 0. The zero-order valence-corrected chi connectivity index (χ0v) is 18.3. The minimum absolute atomic E-state index is 0.160. The molecular formula is C21H19BrFNO4S. The predicted octanol–water partition coefficient (Wildman–Crippen LogP) is 4.59. The molecule has 3 aromatic rings. The van der Waals surface area contributed by atoms with Gasteiger partial charge in [-0.2, -0.15) is 0 Å². The summed E-state index contributed by atoms with van der Waals surface area (Å²) in [4.78, 5) is 16.5. The van der Waals surface area contributed by atoms with E-state index in [4.69, 9.17) is 4.42 Å². The number of nitrogens with zero attached hydrogens (tertiary/aromatic N) is 1. The number of benzene rings is 2. The number of aromatic nitrogens is 1. The Bertz CT molecular complexity index is 1150. The molecule has 0 N–H and O–H groups in total. The van der Waals surface area contributed by atoms with Crippen LogP contribution in [0.1, 0.15) is 22.6 Å². The average molecular weight is 480 g/mol. The number of carbonyl (C=O) groups excluding carboxylic acids is 1. The summed E-state index contributed by atoms with van der Waals surface area (Å²) in [6.07, 6.45) is -0.287. The molecule has 29 heavy (non-hydrogen) atoms. The maximum atomic E-state index is 13.9. The van der Waals surface area contributed by atoms with Gasteiger partial charge in [0.1, 0.15) is 17.3 Å². The highest BCUT2D eigenvalue weighted by atomic mass is 79.9. The minimum atomic E-state index is -3.78. The van der Waals surface area contributed by atoms with Crippen molar-refractivity contribution in [3.63, 3.8) is 0 Å². The van der Waals surface area contributed by atoms with Crippen LogP contribution in [0.5, 0.6) is 0 Å². The molecule has 0 aliphatic rings. The quantitative estimate of drug-likeness (QED) is 0.495. The van der Waals surface area contributed by atoms with Crippen molar-refractivity contribution in [3.05, 3.63) is 75.3 Å². The average Bonchev–Trinajstić information content (AvgIpc) is 2.97. The van der Waals surface area contributed by atoms with Gasteiger partial charge in [-0.05, 0) is 43.7 Å². The Labute approximate surface area is 177 Å². The van der Waals surface area contributed by atoms with E-state index in [0.29, 0.717) is 16.1 Å². The first kappa shape index (κ1) is 21.4. The molecule has 0 atom stereocenters. The number of hydrogen-bond acceptors (Lipinski definition) is 5. The fourth-order valence-corrected chi connectivity index (χ4v) is 4.53. The fraction of sp³-hybridized carbons (Fsp3) is 0.238. The molecule has 0 amide bonds. The lowest BCUT2D eigenvalue weighted by Gasteiger charge is -2.05. The van der Waals surface area contributed by atoms with Gasteiger partial charge < -0.3 is 4.42 Å². The van der Waals surface area contributed by atoms with Crippen LogP contribution in [0.25, 0.3) is 11.5 Å². The van der Waals surface area contributed by atoms with Crippen molar-refractivity contribution in [1.82, 2.24) is 4.98 Å². The van der Waals surface area contributed by atoms with Crippen LogP contribution in [0.4, 0.5) is 4.39 Å². The maximum Gasteiger partial charge on any atom is 0.226 e. The smallest absolute Gasteiger partial charge is 0.226 e. The fourth-order valence-electron chi connectivity index (χ4n) is 2.81. The van der Waals surface area contributed by atoms with E-state index in [1.54, 1.807) is 13.0 Å². The lowest BCUT2D eigenvalue weighted by molar-refractivity contribution is -0.116. The summed E-state index contributed by atoms with van der Waals surface area (Å²) in [5, 5.41) is 0. The highest BCUT2D eigenvalue weighted by Gasteiger charge is 2.23. The van der Waals surface area contributed by atoms with E-state index < -0.39 is 32.9 Å². The van der Waals surface area contributed by atoms with Crippen LogP contribution in [0.2, 0.25) is 0 Å². The Balaban J connectivity index is 1.70. The van der Waals surface area contributed by atoms with E-state index in [1.165, 1.54) is 12.1 Å². The monoisotopic (exact) mass is 479 g/mol. The van der Waals surface area contributed by atoms with Crippen molar-refractivity contribution in [2.75, 3.05) is 5.75 Å². The summed E-state index contributed by atoms with van der Waals surface area (Å²) >= 11 is 3.14. The van der Waals surface area contributed by atoms with Crippen LogP contribution >= 0.6 is 15.9 Å². The molecule has 0 unspecified atom stereocenters. The Kier molecular flexibility index (Phi) is 6.33. The zero-order valence-electron chi connectivity index (χ0n) is 15.9. The topological polar surface area (TPSA) is 77.2 Å². The van der Waals surface area contributed by atoms with Gasteiger partial charge in [0.15, 0.2) is 15.6 Å². The molecule has 3 rings (SSSR count). The first-order valence-electron chi connectivity index (χ1n) is 8.82. The highest BCUT2D eigenvalue weighted by molar-refractivity contribution is 9.10. The summed E-state index contributed by atoms with van der Waals surface area (Å²) in [6.45, 7) is 3.59. The first-order chi connectivity index (χ1) is 13.6. The van der Waals surface area contributed by atoms with Gasteiger partial charge in [0.25, 0.3) is 0 Å². The molecule has 5 nitrogen and oxygen atoms in total. The molecule has 2 aromatic carbocycles. The molecule has 0 fully saturated rings. The van der Waals surface area contributed by atoms with Crippen LogP contribution in [0.15, 0.2) is 51.4 Å². The lowest BCUT2D eigenvalue weighted by atomic mass is 10.1. The number of halogens is 2. The van der Waals surface area contributed by atoms with Gasteiger partial charge in [-0.1, -0.05) is 39.7 Å². The number of carbonyl (C=O) groups is 1. The third kappa shape index (κ3) is 5.61. The molecule has 1 heterocycles. The molecule has 0 bridgehead atoms. The molecule has 1 aromatic heterocycles. The largest absolute Gasteiger partial charge is 0.441 e. The van der Waals surface area contributed by atoms with Gasteiger partial charge in [0, 0.05) is 16.5 Å². The van der Waals surface area contributed by atoms with Crippen molar-refractivity contribution in [2.24, 2.45) is 0 Å². The molecule has 8 heteroatoms. The molecule has 152 valence electrons. The van der Waals surface area contributed by atoms with Crippen LogP contribution in [-0.2, 0) is 26.8 Å². The number of oxazole rings is 1. The van der Waals surface area contributed by atoms with Crippen molar-refractivity contribution < 1.29 is 22.0 Å². The van der Waals surface area contributed by atoms with Crippen molar-refractivity contribution in [3.8, 4) is 11.5 Å². The van der Waals surface area contributed by atoms with E-state index in [1.807, 2.05) is 31.2 Å². The lowest BCUT2D eigenvalue weighted by Crippen LogP contribution is -2.20. The Morgan fingerprint density at radius 1 is 1.14 bits per heavy atom. The number of ketones is 1. The van der Waals surface area contributed by atoms with Gasteiger partial charge in [-0.25, -0.2) is 17.8 Å². The van der Waals surface area contributed by atoms with E-state index in [9.17, 15) is 17.6 Å².